The van der Waals surface area contributed by atoms with Gasteiger partial charge in [0.15, 0.2) is 0 Å². The third-order valence-corrected chi connectivity index (χ3v) is 5.70. The van der Waals surface area contributed by atoms with Gasteiger partial charge in [-0.2, -0.15) is 0 Å². The molecule has 0 radical (unpaired) electrons. The predicted molar refractivity (Wildman–Crippen MR) is 109 cm³/mol. The Balaban J connectivity index is 2.18. The van der Waals surface area contributed by atoms with Gasteiger partial charge >= 0.3 is 0 Å². The number of anilines is 1. The molecule has 0 aliphatic carbocycles. The summed E-state index contributed by atoms with van der Waals surface area (Å²) in [6.07, 6.45) is 0.824. The van der Waals surface area contributed by atoms with Crippen molar-refractivity contribution < 1.29 is 13.2 Å². The Bertz CT molecular complexity index is 908. The van der Waals surface area contributed by atoms with Gasteiger partial charge in [-0.05, 0) is 70.2 Å². The number of amides is 1. The van der Waals surface area contributed by atoms with Crippen molar-refractivity contribution in [2.75, 3.05) is 31.9 Å². The van der Waals surface area contributed by atoms with E-state index in [0.717, 1.165) is 18.5 Å². The van der Waals surface area contributed by atoms with Crippen LogP contribution in [0.15, 0.2) is 47.4 Å². The molecular weight excluding hydrogens is 362 g/mol. The second-order valence-electron chi connectivity index (χ2n) is 6.81. The zero-order valence-electron chi connectivity index (χ0n) is 16.2. The van der Waals surface area contributed by atoms with Crippen LogP contribution in [-0.2, 0) is 10.0 Å². The number of hydrogen-bond acceptors (Lipinski definition) is 4. The molecule has 0 bridgehead atoms. The molecule has 0 unspecified atom stereocenters. The minimum Gasteiger partial charge on any atom is -0.352 e. The lowest BCUT2D eigenvalue weighted by Gasteiger charge is -2.14. The van der Waals surface area contributed by atoms with E-state index in [4.69, 9.17) is 0 Å². The minimum atomic E-state index is -3.80. The number of aryl methyl sites for hydroxylation is 2. The van der Waals surface area contributed by atoms with Crippen LogP contribution in [0.4, 0.5) is 5.69 Å². The Morgan fingerprint density at radius 2 is 1.74 bits per heavy atom. The third-order valence-electron chi connectivity index (χ3n) is 4.20. The van der Waals surface area contributed by atoms with Crippen molar-refractivity contribution in [3.8, 4) is 0 Å². The van der Waals surface area contributed by atoms with Gasteiger partial charge in [0.25, 0.3) is 15.9 Å². The summed E-state index contributed by atoms with van der Waals surface area (Å²) in [5.74, 6) is -0.277. The number of sulfonamides is 1. The van der Waals surface area contributed by atoms with Gasteiger partial charge in [0.1, 0.15) is 0 Å². The smallest absolute Gasteiger partial charge is 0.262 e. The summed E-state index contributed by atoms with van der Waals surface area (Å²) in [4.78, 5) is 14.5. The Morgan fingerprint density at radius 3 is 2.41 bits per heavy atom. The van der Waals surface area contributed by atoms with Crippen molar-refractivity contribution in [3.63, 3.8) is 0 Å². The first-order valence-corrected chi connectivity index (χ1v) is 10.3. The normalized spacial score (nSPS) is 11.4. The molecule has 0 aromatic heterocycles. The number of para-hydroxylation sites is 1. The van der Waals surface area contributed by atoms with Crippen molar-refractivity contribution in [2.24, 2.45) is 0 Å². The highest BCUT2D eigenvalue weighted by molar-refractivity contribution is 7.92. The first-order valence-electron chi connectivity index (χ1n) is 8.83. The van der Waals surface area contributed by atoms with Crippen molar-refractivity contribution >= 4 is 21.6 Å². The zero-order chi connectivity index (χ0) is 20.0. The van der Waals surface area contributed by atoms with Gasteiger partial charge in [0.05, 0.1) is 10.6 Å². The molecular formula is C20H27N3O3S. The summed E-state index contributed by atoms with van der Waals surface area (Å²) < 4.78 is 28.3. The van der Waals surface area contributed by atoms with E-state index in [9.17, 15) is 13.2 Å². The molecule has 2 aromatic rings. The van der Waals surface area contributed by atoms with E-state index in [1.165, 1.54) is 6.07 Å². The maximum Gasteiger partial charge on any atom is 0.262 e. The fourth-order valence-corrected chi connectivity index (χ4v) is 4.02. The van der Waals surface area contributed by atoms with Crippen LogP contribution < -0.4 is 10.0 Å². The van der Waals surface area contributed by atoms with E-state index < -0.39 is 10.0 Å². The number of rotatable bonds is 8. The number of hydrogen-bond donors (Lipinski definition) is 2. The van der Waals surface area contributed by atoms with E-state index in [-0.39, 0.29) is 10.8 Å². The molecule has 0 aliphatic heterocycles. The Kier molecular flexibility index (Phi) is 6.98. The van der Waals surface area contributed by atoms with Crippen LogP contribution in [0.25, 0.3) is 0 Å². The van der Waals surface area contributed by atoms with Gasteiger partial charge < -0.3 is 10.2 Å². The number of benzene rings is 2. The first kappa shape index (κ1) is 20.9. The fraction of sp³-hybridized carbons (Fsp3) is 0.350. The molecule has 2 rings (SSSR count). The standard InChI is InChI=1S/C20H27N3O3S/c1-15-8-5-6-9-18(15)22-27(25,26)19-14-17(11-10-16(19)2)20(24)21-12-7-13-23(3)4/h5-6,8-11,14,22H,7,12-13H2,1-4H3,(H,21,24). The SMILES string of the molecule is Cc1ccccc1NS(=O)(=O)c1cc(C(=O)NCCCN(C)C)ccc1C. The lowest BCUT2D eigenvalue weighted by Crippen LogP contribution is -2.27. The molecule has 0 spiro atoms. The first-order chi connectivity index (χ1) is 12.7. The molecule has 1 amide bonds. The predicted octanol–water partition coefficient (Wildman–Crippen LogP) is 2.79. The number of nitrogens with one attached hydrogen (secondary N) is 2. The molecule has 2 N–H and O–H groups in total. The van der Waals surface area contributed by atoms with Crippen molar-refractivity contribution in [3.05, 3.63) is 59.2 Å². The molecule has 0 saturated carbocycles. The van der Waals surface area contributed by atoms with Gasteiger partial charge in [0.2, 0.25) is 0 Å². The molecule has 2 aromatic carbocycles. The molecule has 27 heavy (non-hydrogen) atoms. The van der Waals surface area contributed by atoms with E-state index in [1.807, 2.05) is 38.1 Å². The highest BCUT2D eigenvalue weighted by atomic mass is 32.2. The van der Waals surface area contributed by atoms with E-state index in [0.29, 0.717) is 23.4 Å². The van der Waals surface area contributed by atoms with Crippen LogP contribution in [0, 0.1) is 13.8 Å². The van der Waals surface area contributed by atoms with Gasteiger partial charge in [-0.15, -0.1) is 0 Å². The van der Waals surface area contributed by atoms with Gasteiger partial charge in [-0.3, -0.25) is 9.52 Å². The number of carbonyl (C=O) groups is 1. The molecule has 6 nitrogen and oxygen atoms in total. The van der Waals surface area contributed by atoms with Crippen molar-refractivity contribution in [1.82, 2.24) is 10.2 Å². The zero-order valence-corrected chi connectivity index (χ0v) is 17.1. The molecule has 0 aliphatic rings. The summed E-state index contributed by atoms with van der Waals surface area (Å²) in [5.41, 5.74) is 2.26. The van der Waals surface area contributed by atoms with Crippen LogP contribution >= 0.6 is 0 Å². The number of carbonyl (C=O) groups excluding carboxylic acids is 1. The molecule has 0 fully saturated rings. The van der Waals surface area contributed by atoms with Crippen molar-refractivity contribution in [1.29, 1.82) is 0 Å². The third kappa shape index (κ3) is 5.80. The largest absolute Gasteiger partial charge is 0.352 e. The van der Waals surface area contributed by atoms with Crippen molar-refractivity contribution in [2.45, 2.75) is 25.2 Å². The average molecular weight is 390 g/mol. The highest BCUT2D eigenvalue weighted by Crippen LogP contribution is 2.22. The maximum atomic E-state index is 12.8. The van der Waals surface area contributed by atoms with Crippen LogP contribution in [0.3, 0.4) is 0 Å². The molecule has 0 heterocycles. The van der Waals surface area contributed by atoms with Crippen LogP contribution in [0.5, 0.6) is 0 Å². The summed E-state index contributed by atoms with van der Waals surface area (Å²) in [7, 11) is 0.150. The van der Waals surface area contributed by atoms with Gasteiger partial charge in [-0.1, -0.05) is 24.3 Å². The highest BCUT2D eigenvalue weighted by Gasteiger charge is 2.20. The molecule has 7 heteroatoms. The maximum absolute atomic E-state index is 12.8. The second kappa shape index (κ2) is 9.01. The Morgan fingerprint density at radius 1 is 1.04 bits per heavy atom. The monoisotopic (exact) mass is 389 g/mol. The summed E-state index contributed by atoms with van der Waals surface area (Å²) in [5, 5.41) is 2.83. The van der Waals surface area contributed by atoms with E-state index in [1.54, 1.807) is 31.2 Å². The fourth-order valence-electron chi connectivity index (χ4n) is 2.62. The topological polar surface area (TPSA) is 78.5 Å². The van der Waals surface area contributed by atoms with Gasteiger partial charge in [-0.25, -0.2) is 8.42 Å². The summed E-state index contributed by atoms with van der Waals surface area (Å²) in [6.45, 7) is 4.95. The molecule has 146 valence electrons. The molecule has 0 atom stereocenters. The van der Waals surface area contributed by atoms with E-state index in [2.05, 4.69) is 10.0 Å². The lowest BCUT2D eigenvalue weighted by molar-refractivity contribution is 0.0952. The quantitative estimate of drug-likeness (QED) is 0.681. The van der Waals surface area contributed by atoms with Crippen LogP contribution in [-0.4, -0.2) is 46.4 Å². The summed E-state index contributed by atoms with van der Waals surface area (Å²) in [6, 6.07) is 11.9. The molecule has 0 saturated heterocycles. The second-order valence-corrected chi connectivity index (χ2v) is 8.46. The van der Waals surface area contributed by atoms with Crippen LogP contribution in [0.1, 0.15) is 27.9 Å². The Labute approximate surface area is 161 Å². The number of nitrogens with zero attached hydrogens (tertiary/aromatic N) is 1. The van der Waals surface area contributed by atoms with E-state index >= 15 is 0 Å². The summed E-state index contributed by atoms with van der Waals surface area (Å²) >= 11 is 0. The average Bonchev–Trinajstić information content (AvgIpc) is 2.60. The Hall–Kier alpha value is -2.38. The minimum absolute atomic E-state index is 0.103. The van der Waals surface area contributed by atoms with Crippen LogP contribution in [0.2, 0.25) is 0 Å². The van der Waals surface area contributed by atoms with Gasteiger partial charge in [0, 0.05) is 12.1 Å². The lowest BCUT2D eigenvalue weighted by atomic mass is 10.1.